The maximum absolute atomic E-state index is 12.8. The van der Waals surface area contributed by atoms with Gasteiger partial charge in [-0.05, 0) is 31.5 Å². The highest BCUT2D eigenvalue weighted by Gasteiger charge is 2.24. The molecule has 0 aliphatic carbocycles. The summed E-state index contributed by atoms with van der Waals surface area (Å²) in [6.45, 7) is 3.09. The van der Waals surface area contributed by atoms with Crippen molar-refractivity contribution in [1.29, 1.82) is 0 Å². The maximum Gasteiger partial charge on any atom is 0.257 e. The monoisotopic (exact) mass is 334 g/mol. The molecule has 0 saturated heterocycles. The lowest BCUT2D eigenvalue weighted by molar-refractivity contribution is 0.0761. The molecule has 0 radical (unpaired) electrons. The largest absolute Gasteiger partial charge is 0.469 e. The van der Waals surface area contributed by atoms with Gasteiger partial charge in [0.05, 0.1) is 17.5 Å². The lowest BCUT2D eigenvalue weighted by Gasteiger charge is -2.19. The molecule has 0 spiro atoms. The second kappa shape index (κ2) is 6.47. The third-order valence-electron chi connectivity index (χ3n) is 4.60. The highest BCUT2D eigenvalue weighted by Crippen LogP contribution is 2.25. The molecule has 126 valence electrons. The number of carbonyl (C=O) groups is 1. The van der Waals surface area contributed by atoms with Crippen LogP contribution in [-0.2, 0) is 12.8 Å². The summed E-state index contributed by atoms with van der Waals surface area (Å²) in [6.07, 6.45) is 8.15. The van der Waals surface area contributed by atoms with Gasteiger partial charge in [-0.25, -0.2) is 9.97 Å². The Morgan fingerprint density at radius 3 is 2.84 bits per heavy atom. The number of rotatable bonds is 2. The Kier molecular flexibility index (Phi) is 4.01. The average Bonchev–Trinajstić information content (AvgIpc) is 2.96. The van der Waals surface area contributed by atoms with Crippen molar-refractivity contribution in [3.05, 3.63) is 65.8 Å². The van der Waals surface area contributed by atoms with Crippen molar-refractivity contribution in [2.45, 2.75) is 19.8 Å². The summed E-state index contributed by atoms with van der Waals surface area (Å²) in [5, 5.41) is 0. The minimum atomic E-state index is 0.00921. The molecule has 4 rings (SSSR count). The van der Waals surface area contributed by atoms with Crippen molar-refractivity contribution in [3.8, 4) is 11.3 Å². The first-order chi connectivity index (χ1) is 12.2. The summed E-state index contributed by atoms with van der Waals surface area (Å²) >= 11 is 0. The first kappa shape index (κ1) is 15.5. The van der Waals surface area contributed by atoms with E-state index >= 15 is 0 Å². The van der Waals surface area contributed by atoms with Crippen molar-refractivity contribution in [2.24, 2.45) is 0 Å². The SMILES string of the molecule is Cc1occc1C(=O)N1CCc2ncnc(-c3cccnc3)c2CC1. The number of hydrogen-bond acceptors (Lipinski definition) is 5. The fraction of sp³-hybridized carbons (Fsp3) is 0.263. The van der Waals surface area contributed by atoms with Crippen LogP contribution in [0.4, 0.5) is 0 Å². The smallest absolute Gasteiger partial charge is 0.257 e. The second-order valence-electron chi connectivity index (χ2n) is 6.07. The second-order valence-corrected chi connectivity index (χ2v) is 6.07. The Labute approximate surface area is 145 Å². The van der Waals surface area contributed by atoms with Crippen LogP contribution in [0.25, 0.3) is 11.3 Å². The normalized spacial score (nSPS) is 14.0. The molecular formula is C19H18N4O2. The summed E-state index contributed by atoms with van der Waals surface area (Å²) in [5.41, 5.74) is 4.63. The molecule has 0 atom stereocenters. The zero-order valence-corrected chi connectivity index (χ0v) is 14.0. The van der Waals surface area contributed by atoms with E-state index in [1.807, 2.05) is 30.2 Å². The Morgan fingerprint density at radius 2 is 2.08 bits per heavy atom. The summed E-state index contributed by atoms with van der Waals surface area (Å²) in [5.74, 6) is 0.664. The summed E-state index contributed by atoms with van der Waals surface area (Å²) in [4.78, 5) is 27.7. The molecule has 0 fully saturated rings. The Balaban J connectivity index is 1.62. The molecule has 4 heterocycles. The predicted molar refractivity (Wildman–Crippen MR) is 92.0 cm³/mol. The van der Waals surface area contributed by atoms with Gasteiger partial charge in [-0.1, -0.05) is 0 Å². The van der Waals surface area contributed by atoms with Crippen LogP contribution in [0, 0.1) is 6.92 Å². The van der Waals surface area contributed by atoms with E-state index in [0.29, 0.717) is 30.8 Å². The Hall–Kier alpha value is -3.02. The fourth-order valence-electron chi connectivity index (χ4n) is 3.26. The highest BCUT2D eigenvalue weighted by molar-refractivity contribution is 5.95. The first-order valence-corrected chi connectivity index (χ1v) is 8.30. The van der Waals surface area contributed by atoms with Crippen molar-refractivity contribution >= 4 is 5.91 Å². The molecule has 0 unspecified atom stereocenters. The lowest BCUT2D eigenvalue weighted by Crippen LogP contribution is -2.33. The number of hydrogen-bond donors (Lipinski definition) is 0. The van der Waals surface area contributed by atoms with Gasteiger partial charge in [-0.15, -0.1) is 0 Å². The molecule has 0 saturated carbocycles. The van der Waals surface area contributed by atoms with Crippen LogP contribution in [0.5, 0.6) is 0 Å². The van der Waals surface area contributed by atoms with Crippen LogP contribution in [0.1, 0.15) is 27.4 Å². The number of nitrogens with zero attached hydrogens (tertiary/aromatic N) is 4. The minimum absolute atomic E-state index is 0.00921. The van der Waals surface area contributed by atoms with Gasteiger partial charge in [-0.3, -0.25) is 9.78 Å². The zero-order valence-electron chi connectivity index (χ0n) is 14.0. The summed E-state index contributed by atoms with van der Waals surface area (Å²) < 4.78 is 5.27. The van der Waals surface area contributed by atoms with Crippen molar-refractivity contribution in [3.63, 3.8) is 0 Å². The molecule has 3 aromatic heterocycles. The summed E-state index contributed by atoms with van der Waals surface area (Å²) in [6, 6.07) is 5.63. The van der Waals surface area contributed by atoms with E-state index in [2.05, 4.69) is 15.0 Å². The molecule has 1 aliphatic rings. The van der Waals surface area contributed by atoms with Gasteiger partial charge in [0, 0.05) is 48.7 Å². The van der Waals surface area contributed by atoms with Crippen LogP contribution in [0.2, 0.25) is 0 Å². The average molecular weight is 334 g/mol. The van der Waals surface area contributed by atoms with Crippen LogP contribution < -0.4 is 0 Å². The number of pyridine rings is 1. The molecule has 0 N–H and O–H groups in total. The molecule has 1 amide bonds. The molecular weight excluding hydrogens is 316 g/mol. The fourth-order valence-corrected chi connectivity index (χ4v) is 3.26. The van der Waals surface area contributed by atoms with Gasteiger partial charge in [0.25, 0.3) is 5.91 Å². The zero-order chi connectivity index (χ0) is 17.2. The molecule has 1 aliphatic heterocycles. The van der Waals surface area contributed by atoms with E-state index in [4.69, 9.17) is 4.42 Å². The van der Waals surface area contributed by atoms with Crippen molar-refractivity contribution in [2.75, 3.05) is 13.1 Å². The van der Waals surface area contributed by atoms with Gasteiger partial charge in [-0.2, -0.15) is 0 Å². The minimum Gasteiger partial charge on any atom is -0.469 e. The van der Waals surface area contributed by atoms with E-state index in [9.17, 15) is 4.79 Å². The van der Waals surface area contributed by atoms with Crippen molar-refractivity contribution < 1.29 is 9.21 Å². The number of aryl methyl sites for hydroxylation is 1. The number of fused-ring (bicyclic) bond motifs is 1. The molecule has 6 heteroatoms. The molecule has 3 aromatic rings. The Bertz CT molecular complexity index is 905. The van der Waals surface area contributed by atoms with Gasteiger partial charge < -0.3 is 9.32 Å². The number of furan rings is 1. The molecule has 0 aromatic carbocycles. The van der Waals surface area contributed by atoms with Gasteiger partial charge in [0.1, 0.15) is 12.1 Å². The topological polar surface area (TPSA) is 72.1 Å². The van der Waals surface area contributed by atoms with E-state index in [1.165, 1.54) is 0 Å². The van der Waals surface area contributed by atoms with Crippen LogP contribution in [0.3, 0.4) is 0 Å². The quantitative estimate of drug-likeness (QED) is 0.720. The van der Waals surface area contributed by atoms with E-state index in [1.54, 1.807) is 24.9 Å². The van der Waals surface area contributed by atoms with Gasteiger partial charge in [0.15, 0.2) is 0 Å². The third kappa shape index (κ3) is 2.91. The first-order valence-electron chi connectivity index (χ1n) is 8.30. The van der Waals surface area contributed by atoms with E-state index in [-0.39, 0.29) is 5.91 Å². The standard InChI is InChI=1S/C19H18N4O2/c1-13-15(6-10-25-13)19(24)23-8-4-16-17(5-9-23)21-12-22-18(16)14-3-2-7-20-11-14/h2-3,6-7,10-12H,4-5,8-9H2,1H3. The highest BCUT2D eigenvalue weighted by atomic mass is 16.3. The van der Waals surface area contributed by atoms with Gasteiger partial charge in [0.2, 0.25) is 0 Å². The molecule has 6 nitrogen and oxygen atoms in total. The molecule has 0 bridgehead atoms. The van der Waals surface area contributed by atoms with Crippen LogP contribution >= 0.6 is 0 Å². The number of carbonyl (C=O) groups excluding carboxylic acids is 1. The van der Waals surface area contributed by atoms with Crippen LogP contribution in [0.15, 0.2) is 47.6 Å². The predicted octanol–water partition coefficient (Wildman–Crippen LogP) is 2.68. The maximum atomic E-state index is 12.8. The summed E-state index contributed by atoms with van der Waals surface area (Å²) in [7, 11) is 0. The van der Waals surface area contributed by atoms with Crippen molar-refractivity contribution in [1.82, 2.24) is 19.9 Å². The number of aromatic nitrogens is 3. The lowest BCUT2D eigenvalue weighted by atomic mass is 10.0. The van der Waals surface area contributed by atoms with Crippen LogP contribution in [-0.4, -0.2) is 38.8 Å². The molecule has 25 heavy (non-hydrogen) atoms. The van der Waals surface area contributed by atoms with Gasteiger partial charge >= 0.3 is 0 Å². The third-order valence-corrected chi connectivity index (χ3v) is 4.60. The van der Waals surface area contributed by atoms with E-state index < -0.39 is 0 Å². The number of amides is 1. The van der Waals surface area contributed by atoms with E-state index in [0.717, 1.165) is 28.9 Å². The Morgan fingerprint density at radius 1 is 1.20 bits per heavy atom.